The Morgan fingerprint density at radius 1 is 1.35 bits per heavy atom. The minimum atomic E-state index is -0.0498. The molecule has 0 unspecified atom stereocenters. The first-order chi connectivity index (χ1) is 8.25. The summed E-state index contributed by atoms with van der Waals surface area (Å²) < 4.78 is 0. The van der Waals surface area contributed by atoms with Crippen LogP contribution in [-0.2, 0) is 13.1 Å². The van der Waals surface area contributed by atoms with Crippen LogP contribution < -0.4 is 10.9 Å². The number of rotatable bonds is 1. The van der Waals surface area contributed by atoms with Crippen LogP contribution in [0.1, 0.15) is 16.8 Å². The zero-order valence-corrected chi connectivity index (χ0v) is 9.45. The van der Waals surface area contributed by atoms with Crippen LogP contribution in [0.4, 0.5) is 0 Å². The Balaban J connectivity index is 2.20. The molecule has 2 N–H and O–H groups in total. The highest BCUT2D eigenvalue weighted by Gasteiger charge is 2.17. The average molecular weight is 228 g/mol. The Morgan fingerprint density at radius 3 is 3.06 bits per heavy atom. The van der Waals surface area contributed by atoms with Gasteiger partial charge in [0.15, 0.2) is 0 Å². The van der Waals surface area contributed by atoms with E-state index in [2.05, 4.69) is 20.3 Å². The second kappa shape index (κ2) is 3.78. The van der Waals surface area contributed by atoms with Crippen LogP contribution >= 0.6 is 0 Å². The number of fused-ring (bicyclic) bond motifs is 1. The van der Waals surface area contributed by atoms with Crippen molar-refractivity contribution in [1.29, 1.82) is 0 Å². The van der Waals surface area contributed by atoms with Gasteiger partial charge in [-0.25, -0.2) is 4.98 Å². The molecule has 3 rings (SSSR count). The molecule has 1 aliphatic heterocycles. The molecule has 0 bridgehead atoms. The van der Waals surface area contributed by atoms with Crippen LogP contribution in [0.2, 0.25) is 0 Å². The van der Waals surface area contributed by atoms with E-state index in [-0.39, 0.29) is 5.56 Å². The van der Waals surface area contributed by atoms with Crippen molar-refractivity contribution in [2.45, 2.75) is 20.0 Å². The summed E-state index contributed by atoms with van der Waals surface area (Å²) in [6.45, 7) is 3.22. The average Bonchev–Trinajstić information content (AvgIpc) is 2.78. The van der Waals surface area contributed by atoms with Crippen molar-refractivity contribution < 1.29 is 0 Å². The van der Waals surface area contributed by atoms with Crippen molar-refractivity contribution in [2.24, 2.45) is 0 Å². The van der Waals surface area contributed by atoms with Gasteiger partial charge in [-0.3, -0.25) is 9.78 Å². The summed E-state index contributed by atoms with van der Waals surface area (Å²) in [6, 6.07) is 1.86. The summed E-state index contributed by atoms with van der Waals surface area (Å²) >= 11 is 0. The Hall–Kier alpha value is -2.01. The lowest BCUT2D eigenvalue weighted by atomic mass is 10.1. The summed E-state index contributed by atoms with van der Waals surface area (Å²) in [5, 5.41) is 3.13. The molecule has 5 heteroatoms. The van der Waals surface area contributed by atoms with Gasteiger partial charge in [0.05, 0.1) is 11.3 Å². The van der Waals surface area contributed by atoms with Crippen LogP contribution in [0.25, 0.3) is 11.4 Å². The molecule has 0 saturated carbocycles. The number of H-pyrrole nitrogens is 1. The maximum atomic E-state index is 11.9. The van der Waals surface area contributed by atoms with Gasteiger partial charge < -0.3 is 10.3 Å². The van der Waals surface area contributed by atoms with E-state index in [1.807, 2.05) is 13.0 Å². The molecule has 86 valence electrons. The Bertz CT molecular complexity index is 633. The van der Waals surface area contributed by atoms with Gasteiger partial charge in [0.25, 0.3) is 5.56 Å². The molecule has 1 aliphatic rings. The highest BCUT2D eigenvalue weighted by molar-refractivity contribution is 5.58. The molecule has 17 heavy (non-hydrogen) atoms. The van der Waals surface area contributed by atoms with E-state index in [1.54, 1.807) is 12.4 Å². The number of aromatic amines is 1. The number of hydrogen-bond donors (Lipinski definition) is 2. The van der Waals surface area contributed by atoms with Crippen LogP contribution in [-0.4, -0.2) is 15.0 Å². The fourth-order valence-electron chi connectivity index (χ4n) is 2.05. The third kappa shape index (κ3) is 1.64. The monoisotopic (exact) mass is 228 g/mol. The maximum absolute atomic E-state index is 11.9. The smallest absolute Gasteiger partial charge is 0.255 e. The van der Waals surface area contributed by atoms with Gasteiger partial charge in [0, 0.05) is 31.0 Å². The first-order valence-corrected chi connectivity index (χ1v) is 5.49. The van der Waals surface area contributed by atoms with Crippen LogP contribution in [0.3, 0.4) is 0 Å². The molecule has 2 aromatic heterocycles. The molecule has 0 fully saturated rings. The summed E-state index contributed by atoms with van der Waals surface area (Å²) in [7, 11) is 0. The van der Waals surface area contributed by atoms with Crippen molar-refractivity contribution in [3.8, 4) is 11.4 Å². The van der Waals surface area contributed by atoms with Gasteiger partial charge in [-0.1, -0.05) is 0 Å². The Kier molecular flexibility index (Phi) is 2.26. The van der Waals surface area contributed by atoms with Gasteiger partial charge in [0.2, 0.25) is 0 Å². The standard InChI is InChI=1S/C12H12N4O/c1-7-4-13-3-2-8(7)11-15-10-6-14-5-9(10)12(17)16-11/h2-4,14H,5-6H2,1H3,(H,15,16,17). The normalized spacial score (nSPS) is 13.7. The van der Waals surface area contributed by atoms with Crippen molar-refractivity contribution in [2.75, 3.05) is 0 Å². The molecule has 0 atom stereocenters. The minimum Gasteiger partial charge on any atom is -0.307 e. The van der Waals surface area contributed by atoms with Gasteiger partial charge >= 0.3 is 0 Å². The number of aromatic nitrogens is 3. The minimum absolute atomic E-state index is 0.0498. The summed E-state index contributed by atoms with van der Waals surface area (Å²) in [5.74, 6) is 0.623. The maximum Gasteiger partial charge on any atom is 0.255 e. The molecule has 0 spiro atoms. The van der Waals surface area contributed by atoms with Crippen molar-refractivity contribution in [1.82, 2.24) is 20.3 Å². The predicted octanol–water partition coefficient (Wildman–Crippen LogP) is 0.744. The van der Waals surface area contributed by atoms with Crippen LogP contribution in [0.15, 0.2) is 23.3 Å². The summed E-state index contributed by atoms with van der Waals surface area (Å²) in [4.78, 5) is 23.2. The Labute approximate surface area is 97.9 Å². The van der Waals surface area contributed by atoms with Gasteiger partial charge in [-0.15, -0.1) is 0 Å². The second-order valence-electron chi connectivity index (χ2n) is 4.13. The lowest BCUT2D eigenvalue weighted by Gasteiger charge is -2.05. The zero-order valence-electron chi connectivity index (χ0n) is 9.45. The van der Waals surface area contributed by atoms with Gasteiger partial charge in [-0.2, -0.15) is 0 Å². The highest BCUT2D eigenvalue weighted by Crippen LogP contribution is 2.19. The first kappa shape index (κ1) is 10.2. The number of aryl methyl sites for hydroxylation is 1. The van der Waals surface area contributed by atoms with E-state index < -0.39 is 0 Å². The fraction of sp³-hybridized carbons (Fsp3) is 0.250. The summed E-state index contributed by atoms with van der Waals surface area (Å²) in [5.41, 5.74) is 3.47. The quantitative estimate of drug-likeness (QED) is 0.755. The van der Waals surface area contributed by atoms with Crippen molar-refractivity contribution >= 4 is 0 Å². The molecule has 2 aromatic rings. The number of nitrogens with one attached hydrogen (secondary N) is 2. The van der Waals surface area contributed by atoms with E-state index in [1.165, 1.54) is 0 Å². The Morgan fingerprint density at radius 2 is 2.24 bits per heavy atom. The summed E-state index contributed by atoms with van der Waals surface area (Å²) in [6.07, 6.45) is 3.47. The zero-order chi connectivity index (χ0) is 11.8. The first-order valence-electron chi connectivity index (χ1n) is 5.49. The molecule has 0 saturated heterocycles. The molecule has 0 aromatic carbocycles. The van der Waals surface area contributed by atoms with E-state index >= 15 is 0 Å². The molecule has 0 radical (unpaired) electrons. The lowest BCUT2D eigenvalue weighted by molar-refractivity contribution is 0.757. The number of nitrogens with zero attached hydrogens (tertiary/aromatic N) is 2. The SMILES string of the molecule is Cc1cnccc1-c1nc2c(c(=O)[nH]1)CNC2. The second-order valence-corrected chi connectivity index (χ2v) is 4.13. The topological polar surface area (TPSA) is 70.7 Å². The van der Waals surface area contributed by atoms with E-state index in [0.29, 0.717) is 18.9 Å². The highest BCUT2D eigenvalue weighted by atomic mass is 16.1. The third-order valence-corrected chi connectivity index (χ3v) is 2.97. The molecule has 3 heterocycles. The number of hydrogen-bond acceptors (Lipinski definition) is 4. The van der Waals surface area contributed by atoms with Crippen molar-refractivity contribution in [3.05, 3.63) is 45.6 Å². The largest absolute Gasteiger partial charge is 0.307 e. The van der Waals surface area contributed by atoms with Crippen LogP contribution in [0, 0.1) is 6.92 Å². The molecule has 0 amide bonds. The molecular formula is C12H12N4O. The molecule has 0 aliphatic carbocycles. The fourth-order valence-corrected chi connectivity index (χ4v) is 2.05. The van der Waals surface area contributed by atoms with Gasteiger partial charge in [0.1, 0.15) is 5.82 Å². The van der Waals surface area contributed by atoms with E-state index in [0.717, 1.165) is 22.4 Å². The van der Waals surface area contributed by atoms with Crippen molar-refractivity contribution in [3.63, 3.8) is 0 Å². The van der Waals surface area contributed by atoms with Gasteiger partial charge in [-0.05, 0) is 18.6 Å². The molecule has 5 nitrogen and oxygen atoms in total. The lowest BCUT2D eigenvalue weighted by Crippen LogP contribution is -2.16. The van der Waals surface area contributed by atoms with Crippen LogP contribution in [0.5, 0.6) is 0 Å². The number of pyridine rings is 1. The van der Waals surface area contributed by atoms with E-state index in [4.69, 9.17) is 0 Å². The third-order valence-electron chi connectivity index (χ3n) is 2.97. The predicted molar refractivity (Wildman–Crippen MR) is 63.4 cm³/mol. The molecular weight excluding hydrogens is 216 g/mol. The van der Waals surface area contributed by atoms with E-state index in [9.17, 15) is 4.79 Å².